The fourth-order valence-electron chi connectivity index (χ4n) is 3.63. The Kier molecular flexibility index (Phi) is 7.47. The van der Waals surface area contributed by atoms with Gasteiger partial charge in [0.1, 0.15) is 11.7 Å². The molecule has 31 heavy (non-hydrogen) atoms. The Morgan fingerprint density at radius 3 is 2.13 bits per heavy atom. The van der Waals surface area contributed by atoms with Gasteiger partial charge in [-0.3, -0.25) is 0 Å². The molecule has 0 saturated carbocycles. The third-order valence-corrected chi connectivity index (χ3v) is 10.7. The van der Waals surface area contributed by atoms with Crippen molar-refractivity contribution in [2.24, 2.45) is 0 Å². The second-order valence-electron chi connectivity index (χ2n) is 9.89. The molecule has 1 aliphatic heterocycles. The molecule has 3 rings (SSSR count). The minimum Gasteiger partial charge on any atom is -0.418 e. The first-order chi connectivity index (χ1) is 14.0. The summed E-state index contributed by atoms with van der Waals surface area (Å²) in [5.41, 5.74) is 5.06. The summed E-state index contributed by atoms with van der Waals surface area (Å²) in [6.07, 6.45) is 4.33. The van der Waals surface area contributed by atoms with Crippen molar-refractivity contribution in [2.45, 2.75) is 78.6 Å². The number of fused-ring (bicyclic) bond motifs is 1. The Morgan fingerprint density at radius 1 is 1.13 bits per heavy atom. The minimum atomic E-state index is -6.00. The molecule has 0 radical (unpaired) electrons. The van der Waals surface area contributed by atoms with Crippen molar-refractivity contribution in [3.8, 4) is 5.69 Å². The lowest BCUT2D eigenvalue weighted by molar-refractivity contribution is -0.718. The predicted octanol–water partition coefficient (Wildman–Crippen LogP) is 5.89. The van der Waals surface area contributed by atoms with E-state index in [4.69, 9.17) is 9.52 Å². The Labute approximate surface area is 183 Å². The minimum absolute atomic E-state index is 0.249. The van der Waals surface area contributed by atoms with Crippen LogP contribution in [0.1, 0.15) is 55.7 Å². The summed E-state index contributed by atoms with van der Waals surface area (Å²) in [6, 6.07) is 4.87. The van der Waals surface area contributed by atoms with Crippen LogP contribution in [0.2, 0.25) is 18.1 Å². The first kappa shape index (κ1) is 25.6. The highest BCUT2D eigenvalue weighted by Crippen LogP contribution is 2.37. The lowest BCUT2D eigenvalue weighted by atomic mass is 10.1. The second-order valence-corrected chi connectivity index (χ2v) is 14.7. The SMILES string of the molecule is Cc1cc(C)c(-n2c[n+]3c(n2)CC[C@H]3CO[Si](C)(C)C(C)(C)C)c(C)c1.F[B-](F)(F)F. The van der Waals surface area contributed by atoms with Crippen LogP contribution in [-0.2, 0) is 10.8 Å². The topological polar surface area (TPSA) is 30.9 Å². The van der Waals surface area contributed by atoms with Crippen LogP contribution in [0.15, 0.2) is 18.5 Å². The maximum absolute atomic E-state index is 9.75. The zero-order valence-corrected chi connectivity index (χ0v) is 20.8. The number of nitrogens with zero attached hydrogens (tertiary/aromatic N) is 3. The molecule has 4 nitrogen and oxygen atoms in total. The number of benzene rings is 1. The van der Waals surface area contributed by atoms with Crippen LogP contribution in [-0.4, -0.2) is 32.0 Å². The van der Waals surface area contributed by atoms with Crippen molar-refractivity contribution in [2.75, 3.05) is 6.61 Å². The van der Waals surface area contributed by atoms with Crippen molar-refractivity contribution in [3.63, 3.8) is 0 Å². The summed E-state index contributed by atoms with van der Waals surface area (Å²) >= 11 is 0. The van der Waals surface area contributed by atoms with Gasteiger partial charge in [0.15, 0.2) is 8.32 Å². The monoisotopic (exact) mass is 459 g/mol. The van der Waals surface area contributed by atoms with Gasteiger partial charge in [-0.15, -0.1) is 0 Å². The van der Waals surface area contributed by atoms with E-state index in [2.05, 4.69) is 82.3 Å². The first-order valence-electron chi connectivity index (χ1n) is 10.6. The third-order valence-electron chi connectivity index (χ3n) is 6.16. The quantitative estimate of drug-likeness (QED) is 0.324. The Morgan fingerprint density at radius 2 is 1.65 bits per heavy atom. The van der Waals surface area contributed by atoms with E-state index in [1.54, 1.807) is 0 Å². The van der Waals surface area contributed by atoms with E-state index >= 15 is 0 Å². The molecule has 0 spiro atoms. The van der Waals surface area contributed by atoms with E-state index in [0.29, 0.717) is 6.04 Å². The standard InChI is InChI=1S/C21H34N3OSi.BF4/c1-15-11-16(2)20(17(3)12-15)24-14-23-18(9-10-19(23)22-24)13-25-26(7,8)21(4,5)6;2-1(3,4)5/h11-12,14,18H,9-10,13H2,1-8H3;/q+1;-1/t18-;/m0./s1. The molecule has 1 aromatic heterocycles. The molecular formula is C21H34BF4N3OSi. The molecule has 2 heterocycles. The lowest BCUT2D eigenvalue weighted by Crippen LogP contribution is -2.45. The largest absolute Gasteiger partial charge is 0.673 e. The van der Waals surface area contributed by atoms with Gasteiger partial charge < -0.3 is 21.7 Å². The molecule has 1 aliphatic rings. The van der Waals surface area contributed by atoms with Gasteiger partial charge in [-0.05, 0) is 56.5 Å². The zero-order chi connectivity index (χ0) is 23.8. The summed E-state index contributed by atoms with van der Waals surface area (Å²) in [5.74, 6) is 1.17. The maximum Gasteiger partial charge on any atom is 0.673 e. The van der Waals surface area contributed by atoms with Crippen LogP contribution in [0.5, 0.6) is 0 Å². The summed E-state index contributed by atoms with van der Waals surface area (Å²) < 4.78 is 49.9. The van der Waals surface area contributed by atoms with E-state index in [1.165, 1.54) is 28.2 Å². The molecule has 0 amide bonds. The Bertz CT molecular complexity index is 893. The third kappa shape index (κ3) is 6.65. The highest BCUT2D eigenvalue weighted by atomic mass is 28.4. The highest BCUT2D eigenvalue weighted by Gasteiger charge is 2.40. The van der Waals surface area contributed by atoms with Gasteiger partial charge in [-0.25, -0.2) is 4.57 Å². The van der Waals surface area contributed by atoms with Crippen molar-refractivity contribution in [1.29, 1.82) is 0 Å². The van der Waals surface area contributed by atoms with Crippen molar-refractivity contribution < 1.29 is 26.3 Å². The molecule has 10 heteroatoms. The number of aryl methyl sites for hydroxylation is 4. The fraction of sp³-hybridized carbons (Fsp3) is 0.619. The van der Waals surface area contributed by atoms with Gasteiger partial charge >= 0.3 is 7.25 Å². The van der Waals surface area contributed by atoms with Crippen molar-refractivity contribution in [3.05, 3.63) is 41.0 Å². The molecule has 1 atom stereocenters. The normalized spacial score (nSPS) is 16.7. The summed E-state index contributed by atoms with van der Waals surface area (Å²) in [4.78, 5) is 0. The number of aromatic nitrogens is 3. The number of rotatable bonds is 4. The summed E-state index contributed by atoms with van der Waals surface area (Å²) in [6.45, 7) is 18.8. The molecule has 0 aliphatic carbocycles. The molecule has 0 saturated heterocycles. The Hall–Kier alpha value is -1.68. The average molecular weight is 459 g/mol. The van der Waals surface area contributed by atoms with Crippen LogP contribution in [0.4, 0.5) is 17.3 Å². The lowest BCUT2D eigenvalue weighted by Gasteiger charge is -2.36. The molecule has 174 valence electrons. The Balaban J connectivity index is 0.000000614. The average Bonchev–Trinajstić information content (AvgIpc) is 3.10. The number of hydrogen-bond donors (Lipinski definition) is 0. The van der Waals surface area contributed by atoms with Gasteiger partial charge in [0.25, 0.3) is 5.82 Å². The van der Waals surface area contributed by atoms with E-state index in [9.17, 15) is 17.3 Å². The van der Waals surface area contributed by atoms with Crippen LogP contribution in [0.3, 0.4) is 0 Å². The molecule has 0 fully saturated rings. The van der Waals surface area contributed by atoms with Gasteiger partial charge in [0.05, 0.1) is 6.61 Å². The van der Waals surface area contributed by atoms with E-state index in [-0.39, 0.29) is 5.04 Å². The van der Waals surface area contributed by atoms with Gasteiger partial charge in [-0.1, -0.05) is 43.1 Å². The van der Waals surface area contributed by atoms with Gasteiger partial charge in [-0.2, -0.15) is 0 Å². The summed E-state index contributed by atoms with van der Waals surface area (Å²) in [5, 5.41) is 5.14. The molecule has 0 bridgehead atoms. The smallest absolute Gasteiger partial charge is 0.418 e. The highest BCUT2D eigenvalue weighted by molar-refractivity contribution is 6.74. The molecule has 0 unspecified atom stereocenters. The molecule has 1 aromatic carbocycles. The van der Waals surface area contributed by atoms with Crippen LogP contribution in [0.25, 0.3) is 5.69 Å². The molecule has 0 N–H and O–H groups in total. The number of halogens is 4. The van der Waals surface area contributed by atoms with Gasteiger partial charge in [0.2, 0.25) is 6.33 Å². The van der Waals surface area contributed by atoms with Gasteiger partial charge in [0, 0.05) is 11.5 Å². The first-order valence-corrected chi connectivity index (χ1v) is 13.5. The van der Waals surface area contributed by atoms with Crippen LogP contribution < -0.4 is 4.57 Å². The van der Waals surface area contributed by atoms with E-state index in [1.807, 2.05) is 0 Å². The van der Waals surface area contributed by atoms with Crippen molar-refractivity contribution in [1.82, 2.24) is 9.78 Å². The van der Waals surface area contributed by atoms with E-state index in [0.717, 1.165) is 19.4 Å². The van der Waals surface area contributed by atoms with E-state index < -0.39 is 15.6 Å². The predicted molar refractivity (Wildman–Crippen MR) is 119 cm³/mol. The van der Waals surface area contributed by atoms with Crippen molar-refractivity contribution >= 4 is 15.6 Å². The maximum atomic E-state index is 9.75. The number of hydrogen-bond acceptors (Lipinski definition) is 2. The fourth-order valence-corrected chi connectivity index (χ4v) is 4.67. The second kappa shape index (κ2) is 9.05. The molecule has 2 aromatic rings. The zero-order valence-electron chi connectivity index (χ0n) is 19.8. The van der Waals surface area contributed by atoms with Crippen LogP contribution >= 0.6 is 0 Å². The van der Waals surface area contributed by atoms with Crippen LogP contribution in [0, 0.1) is 20.8 Å². The summed E-state index contributed by atoms with van der Waals surface area (Å²) in [7, 11) is -7.72. The molecular weight excluding hydrogens is 425 g/mol.